The fourth-order valence-electron chi connectivity index (χ4n) is 6.10. The predicted octanol–water partition coefficient (Wildman–Crippen LogP) is 4.46. The van der Waals surface area contributed by atoms with Crippen molar-refractivity contribution in [3.63, 3.8) is 0 Å². The quantitative estimate of drug-likeness (QED) is 0.791. The molecule has 5 heteroatoms. The van der Waals surface area contributed by atoms with E-state index in [2.05, 4.69) is 47.0 Å². The van der Waals surface area contributed by atoms with Crippen LogP contribution >= 0.6 is 0 Å². The van der Waals surface area contributed by atoms with E-state index in [-0.39, 0.29) is 5.91 Å². The molecule has 1 amide bonds. The van der Waals surface area contributed by atoms with E-state index in [1.165, 1.54) is 62.6 Å². The summed E-state index contributed by atoms with van der Waals surface area (Å²) in [6, 6.07) is 7.68. The molecule has 1 aromatic heterocycles. The molecule has 1 unspecified atom stereocenters. The number of H-pyrrole nitrogens is 1. The summed E-state index contributed by atoms with van der Waals surface area (Å²) in [5.41, 5.74) is 3.37. The maximum absolute atomic E-state index is 13.1. The maximum Gasteiger partial charge on any atom is 0.254 e. The van der Waals surface area contributed by atoms with Crippen molar-refractivity contribution in [2.24, 2.45) is 0 Å². The van der Waals surface area contributed by atoms with Crippen molar-refractivity contribution in [3.05, 3.63) is 35.5 Å². The van der Waals surface area contributed by atoms with Crippen LogP contribution in [0.3, 0.4) is 0 Å². The Bertz CT molecular complexity index is 905. The van der Waals surface area contributed by atoms with Gasteiger partial charge in [-0.05, 0) is 69.7 Å². The van der Waals surface area contributed by atoms with Crippen molar-refractivity contribution < 1.29 is 4.79 Å². The van der Waals surface area contributed by atoms with Crippen LogP contribution in [0.15, 0.2) is 24.4 Å². The number of hydrogen-bond donors (Lipinski definition) is 1. The van der Waals surface area contributed by atoms with Gasteiger partial charge < -0.3 is 9.88 Å². The molecule has 168 valence electrons. The minimum Gasteiger partial charge on any atom is -0.361 e. The minimum atomic E-state index is 0.173. The number of amides is 1. The average Bonchev–Trinajstić information content (AvgIpc) is 3.48. The third kappa shape index (κ3) is 4.27. The molecule has 0 bridgehead atoms. The molecule has 1 saturated carbocycles. The van der Waals surface area contributed by atoms with Gasteiger partial charge in [0.2, 0.25) is 0 Å². The molecule has 3 fully saturated rings. The van der Waals surface area contributed by atoms with E-state index in [1.54, 1.807) is 0 Å². The number of rotatable bonds is 4. The number of benzene rings is 1. The minimum absolute atomic E-state index is 0.173. The SMILES string of the molecule is CC(C)N1CCN(C(=O)c2ccc3c(C4CCCN(C5CCCC5)C4)c[nH]c3c2)CC1. The molecule has 0 radical (unpaired) electrons. The second kappa shape index (κ2) is 8.95. The fraction of sp³-hybridized carbons (Fsp3) is 0.654. The molecule has 2 saturated heterocycles. The number of carbonyl (C=O) groups is 1. The molecule has 1 atom stereocenters. The van der Waals surface area contributed by atoms with E-state index in [1.807, 2.05) is 11.0 Å². The number of nitrogens with one attached hydrogen (secondary N) is 1. The molecular weight excluding hydrogens is 384 g/mol. The normalized spacial score (nSPS) is 24.5. The summed E-state index contributed by atoms with van der Waals surface area (Å²) in [4.78, 5) is 23.8. The highest BCUT2D eigenvalue weighted by molar-refractivity contribution is 5.98. The molecule has 31 heavy (non-hydrogen) atoms. The summed E-state index contributed by atoms with van der Waals surface area (Å²) >= 11 is 0. The molecule has 1 aromatic carbocycles. The number of piperazine rings is 1. The highest BCUT2D eigenvalue weighted by Crippen LogP contribution is 2.35. The molecule has 5 rings (SSSR count). The van der Waals surface area contributed by atoms with Crippen molar-refractivity contribution >= 4 is 16.8 Å². The van der Waals surface area contributed by atoms with E-state index in [4.69, 9.17) is 0 Å². The lowest BCUT2D eigenvalue weighted by molar-refractivity contribution is 0.0595. The Hall–Kier alpha value is -1.85. The lowest BCUT2D eigenvalue weighted by Gasteiger charge is -2.37. The first kappa shape index (κ1) is 21.0. The summed E-state index contributed by atoms with van der Waals surface area (Å²) in [6.45, 7) is 10.5. The van der Waals surface area contributed by atoms with Gasteiger partial charge in [0.25, 0.3) is 5.91 Å². The Morgan fingerprint density at radius 2 is 1.77 bits per heavy atom. The highest BCUT2D eigenvalue weighted by Gasteiger charge is 2.30. The monoisotopic (exact) mass is 422 g/mol. The Balaban J connectivity index is 1.29. The Labute approximate surface area is 186 Å². The van der Waals surface area contributed by atoms with Gasteiger partial charge in [0.05, 0.1) is 0 Å². The second-order valence-electron chi connectivity index (χ2n) is 10.2. The van der Waals surface area contributed by atoms with Gasteiger partial charge in [0.15, 0.2) is 0 Å². The number of nitrogens with zero attached hydrogens (tertiary/aromatic N) is 3. The van der Waals surface area contributed by atoms with Gasteiger partial charge >= 0.3 is 0 Å². The van der Waals surface area contributed by atoms with Gasteiger partial charge in [0.1, 0.15) is 0 Å². The van der Waals surface area contributed by atoms with Crippen LogP contribution in [0.2, 0.25) is 0 Å². The molecule has 1 N–H and O–H groups in total. The van der Waals surface area contributed by atoms with E-state index >= 15 is 0 Å². The summed E-state index contributed by atoms with van der Waals surface area (Å²) in [6.07, 6.45) is 10.4. The van der Waals surface area contributed by atoms with Gasteiger partial charge in [-0.25, -0.2) is 0 Å². The first-order chi connectivity index (χ1) is 15.1. The third-order valence-electron chi connectivity index (χ3n) is 8.03. The zero-order valence-corrected chi connectivity index (χ0v) is 19.3. The van der Waals surface area contributed by atoms with Crippen LogP contribution in [0, 0.1) is 0 Å². The number of fused-ring (bicyclic) bond motifs is 1. The molecule has 0 spiro atoms. The van der Waals surface area contributed by atoms with Crippen LogP contribution in [0.4, 0.5) is 0 Å². The van der Waals surface area contributed by atoms with E-state index in [0.717, 1.165) is 43.3 Å². The lowest BCUT2D eigenvalue weighted by Crippen LogP contribution is -2.50. The number of hydrogen-bond acceptors (Lipinski definition) is 3. The van der Waals surface area contributed by atoms with Crippen molar-refractivity contribution in [3.8, 4) is 0 Å². The van der Waals surface area contributed by atoms with Gasteiger partial charge in [-0.3, -0.25) is 14.6 Å². The Morgan fingerprint density at radius 1 is 1.00 bits per heavy atom. The van der Waals surface area contributed by atoms with Crippen LogP contribution in [-0.4, -0.2) is 76.9 Å². The Kier molecular flexibility index (Phi) is 6.07. The summed E-state index contributed by atoms with van der Waals surface area (Å²) in [7, 11) is 0. The predicted molar refractivity (Wildman–Crippen MR) is 127 cm³/mol. The molecule has 2 aliphatic heterocycles. The zero-order chi connectivity index (χ0) is 21.4. The number of carbonyl (C=O) groups excluding carboxylic acids is 1. The topological polar surface area (TPSA) is 42.6 Å². The van der Waals surface area contributed by atoms with Crippen LogP contribution in [0.25, 0.3) is 10.9 Å². The fourth-order valence-corrected chi connectivity index (χ4v) is 6.10. The van der Waals surface area contributed by atoms with Crippen LogP contribution in [-0.2, 0) is 0 Å². The number of aromatic amines is 1. The Morgan fingerprint density at radius 3 is 2.52 bits per heavy atom. The van der Waals surface area contributed by atoms with Crippen LogP contribution in [0.1, 0.15) is 74.2 Å². The third-order valence-corrected chi connectivity index (χ3v) is 8.03. The summed E-state index contributed by atoms with van der Waals surface area (Å²) in [5, 5.41) is 1.31. The van der Waals surface area contributed by atoms with Gasteiger partial charge in [-0.15, -0.1) is 0 Å². The zero-order valence-electron chi connectivity index (χ0n) is 19.3. The van der Waals surface area contributed by atoms with E-state index in [9.17, 15) is 4.79 Å². The van der Waals surface area contributed by atoms with Gasteiger partial charge in [0, 0.05) is 67.5 Å². The van der Waals surface area contributed by atoms with Crippen LogP contribution in [0.5, 0.6) is 0 Å². The second-order valence-corrected chi connectivity index (χ2v) is 10.2. The van der Waals surface area contributed by atoms with Crippen molar-refractivity contribution in [1.82, 2.24) is 19.7 Å². The smallest absolute Gasteiger partial charge is 0.254 e. The van der Waals surface area contributed by atoms with E-state index in [0.29, 0.717) is 12.0 Å². The first-order valence-corrected chi connectivity index (χ1v) is 12.5. The largest absolute Gasteiger partial charge is 0.361 e. The lowest BCUT2D eigenvalue weighted by atomic mass is 9.89. The van der Waals surface area contributed by atoms with Crippen molar-refractivity contribution in [2.75, 3.05) is 39.3 Å². The molecule has 5 nitrogen and oxygen atoms in total. The molecule has 1 aliphatic carbocycles. The molecule has 3 aliphatic rings. The number of aromatic nitrogens is 1. The molecule has 3 heterocycles. The summed E-state index contributed by atoms with van der Waals surface area (Å²) in [5.74, 6) is 0.778. The first-order valence-electron chi connectivity index (χ1n) is 12.5. The summed E-state index contributed by atoms with van der Waals surface area (Å²) < 4.78 is 0. The van der Waals surface area contributed by atoms with Gasteiger partial charge in [-0.2, -0.15) is 0 Å². The highest BCUT2D eigenvalue weighted by atomic mass is 16.2. The molecular formula is C26H38N4O. The maximum atomic E-state index is 13.1. The number of piperidine rings is 1. The number of likely N-dealkylation sites (tertiary alicyclic amines) is 1. The van der Waals surface area contributed by atoms with E-state index < -0.39 is 0 Å². The van der Waals surface area contributed by atoms with Crippen molar-refractivity contribution in [2.45, 2.75) is 70.4 Å². The average molecular weight is 423 g/mol. The standard InChI is InChI=1S/C26H38N4O/c1-19(2)28-12-14-29(15-13-28)26(31)20-9-10-23-24(17-27-25(23)16-20)21-6-5-11-30(18-21)22-7-3-4-8-22/h9-10,16-17,19,21-22,27H,3-8,11-15,18H2,1-2H3. The van der Waals surface area contributed by atoms with Gasteiger partial charge in [-0.1, -0.05) is 18.9 Å². The molecule has 2 aromatic rings. The van der Waals surface area contributed by atoms with Crippen molar-refractivity contribution in [1.29, 1.82) is 0 Å². The van der Waals surface area contributed by atoms with Crippen LogP contribution < -0.4 is 0 Å².